The minimum atomic E-state index is -1.54. The van der Waals surface area contributed by atoms with Crippen molar-refractivity contribution in [3.05, 3.63) is 29.8 Å². The van der Waals surface area contributed by atoms with E-state index in [-0.39, 0.29) is 18.6 Å². The molecular formula is C22H34N4O8S. The Morgan fingerprint density at radius 3 is 1.86 bits per heavy atom. The molecule has 35 heavy (non-hydrogen) atoms. The summed E-state index contributed by atoms with van der Waals surface area (Å²) in [6.07, 6.45) is -0.790. The SMILES string of the molecule is CSCCC(NC(=O)C(NC(=O)C(NC(=O)C(N)Cc1ccc(O)cc1)C(C)O)C(C)O)C(=O)O. The second-order valence-electron chi connectivity index (χ2n) is 8.11. The van der Waals surface area contributed by atoms with E-state index in [0.29, 0.717) is 11.3 Å². The van der Waals surface area contributed by atoms with Crippen LogP contribution in [-0.2, 0) is 25.6 Å². The van der Waals surface area contributed by atoms with Gasteiger partial charge >= 0.3 is 5.97 Å². The summed E-state index contributed by atoms with van der Waals surface area (Å²) in [7, 11) is 0. The number of benzene rings is 1. The Morgan fingerprint density at radius 2 is 1.40 bits per heavy atom. The molecule has 0 saturated heterocycles. The van der Waals surface area contributed by atoms with Crippen molar-refractivity contribution in [2.75, 3.05) is 12.0 Å². The normalized spacial score (nSPS) is 16.2. The number of phenolic OH excluding ortho intramolecular Hbond substituents is 1. The van der Waals surface area contributed by atoms with E-state index in [2.05, 4.69) is 16.0 Å². The Kier molecular flexibility index (Phi) is 12.5. The monoisotopic (exact) mass is 514 g/mol. The zero-order valence-corrected chi connectivity index (χ0v) is 20.6. The summed E-state index contributed by atoms with van der Waals surface area (Å²) in [6.45, 7) is 2.47. The minimum absolute atomic E-state index is 0.0493. The van der Waals surface area contributed by atoms with Gasteiger partial charge in [0, 0.05) is 0 Å². The second-order valence-corrected chi connectivity index (χ2v) is 9.10. The maximum Gasteiger partial charge on any atom is 0.326 e. The summed E-state index contributed by atoms with van der Waals surface area (Å²) in [5.41, 5.74) is 6.56. The number of rotatable bonds is 14. The number of thioether (sulfide) groups is 1. The van der Waals surface area contributed by atoms with Gasteiger partial charge in [0.25, 0.3) is 0 Å². The molecule has 6 unspecified atom stereocenters. The highest BCUT2D eigenvalue weighted by molar-refractivity contribution is 7.98. The number of carboxylic acid groups (broad SMARTS) is 1. The number of carboxylic acids is 1. The Morgan fingerprint density at radius 1 is 0.914 bits per heavy atom. The summed E-state index contributed by atoms with van der Waals surface area (Å²) in [5.74, 6) is -3.40. The van der Waals surface area contributed by atoms with Gasteiger partial charge in [0.15, 0.2) is 0 Å². The fourth-order valence-electron chi connectivity index (χ4n) is 3.05. The molecule has 1 aromatic carbocycles. The molecule has 0 saturated carbocycles. The molecule has 3 amide bonds. The van der Waals surface area contributed by atoms with Gasteiger partial charge in [-0.1, -0.05) is 12.1 Å². The van der Waals surface area contributed by atoms with Crippen LogP contribution in [0.15, 0.2) is 24.3 Å². The van der Waals surface area contributed by atoms with Gasteiger partial charge in [-0.15, -0.1) is 0 Å². The molecule has 9 N–H and O–H groups in total. The number of carbonyl (C=O) groups excluding carboxylic acids is 3. The van der Waals surface area contributed by atoms with Crippen molar-refractivity contribution in [1.82, 2.24) is 16.0 Å². The Hall–Kier alpha value is -2.87. The number of aliphatic carboxylic acids is 1. The van der Waals surface area contributed by atoms with E-state index in [0.717, 1.165) is 0 Å². The number of nitrogens with two attached hydrogens (primary N) is 1. The zero-order valence-electron chi connectivity index (χ0n) is 19.8. The van der Waals surface area contributed by atoms with Crippen LogP contribution < -0.4 is 21.7 Å². The predicted molar refractivity (Wildman–Crippen MR) is 130 cm³/mol. The molecule has 0 aromatic heterocycles. The van der Waals surface area contributed by atoms with Crippen LogP contribution in [0.4, 0.5) is 0 Å². The third kappa shape index (κ3) is 10.1. The van der Waals surface area contributed by atoms with Crippen LogP contribution in [0.25, 0.3) is 0 Å². The van der Waals surface area contributed by atoms with E-state index in [1.54, 1.807) is 18.4 Å². The molecule has 0 aliphatic rings. The average Bonchev–Trinajstić information content (AvgIpc) is 2.78. The predicted octanol–water partition coefficient (Wildman–Crippen LogP) is -1.68. The van der Waals surface area contributed by atoms with Gasteiger partial charge in [0.2, 0.25) is 17.7 Å². The first-order chi connectivity index (χ1) is 16.4. The number of aliphatic hydroxyl groups excluding tert-OH is 2. The fourth-order valence-corrected chi connectivity index (χ4v) is 3.52. The van der Waals surface area contributed by atoms with E-state index in [1.165, 1.54) is 37.7 Å². The summed E-state index contributed by atoms with van der Waals surface area (Å²) in [6, 6.07) is 0.673. The van der Waals surface area contributed by atoms with E-state index < -0.39 is 60.1 Å². The van der Waals surface area contributed by atoms with Gasteiger partial charge in [-0.25, -0.2) is 4.79 Å². The molecule has 6 atom stereocenters. The van der Waals surface area contributed by atoms with Gasteiger partial charge in [0.1, 0.15) is 23.9 Å². The number of hydrogen-bond donors (Lipinski definition) is 8. The number of aliphatic hydroxyl groups is 2. The van der Waals surface area contributed by atoms with Crippen LogP contribution in [0.3, 0.4) is 0 Å². The van der Waals surface area contributed by atoms with Gasteiger partial charge in [-0.05, 0) is 56.4 Å². The lowest BCUT2D eigenvalue weighted by molar-refractivity contribution is -0.143. The molecule has 0 heterocycles. The highest BCUT2D eigenvalue weighted by Crippen LogP contribution is 2.11. The van der Waals surface area contributed by atoms with Crippen molar-refractivity contribution in [3.8, 4) is 5.75 Å². The molecule has 1 aromatic rings. The highest BCUT2D eigenvalue weighted by Gasteiger charge is 2.34. The topological polar surface area (TPSA) is 211 Å². The van der Waals surface area contributed by atoms with Crippen LogP contribution in [-0.4, -0.2) is 92.5 Å². The van der Waals surface area contributed by atoms with E-state index in [4.69, 9.17) is 5.73 Å². The van der Waals surface area contributed by atoms with Gasteiger partial charge in [-0.3, -0.25) is 14.4 Å². The maximum absolute atomic E-state index is 12.8. The number of nitrogens with one attached hydrogen (secondary N) is 3. The zero-order chi connectivity index (χ0) is 26.7. The highest BCUT2D eigenvalue weighted by atomic mass is 32.2. The molecule has 0 radical (unpaired) electrons. The Labute approximate surface area is 207 Å². The standard InChI is InChI=1S/C22H34N4O8S/c1-11(27)17(20(31)24-16(22(33)34)8-9-35-3)26-21(32)18(12(2)28)25-19(30)15(23)10-13-4-6-14(29)7-5-13/h4-7,11-12,15-18,27-29H,8-10,23H2,1-3H3,(H,24,31)(H,25,30)(H,26,32)(H,33,34). The number of hydrogen-bond acceptors (Lipinski definition) is 9. The van der Waals surface area contributed by atoms with Crippen molar-refractivity contribution in [3.63, 3.8) is 0 Å². The van der Waals surface area contributed by atoms with Crippen LogP contribution in [0.1, 0.15) is 25.8 Å². The molecule has 13 heteroatoms. The fraction of sp³-hybridized carbons (Fsp3) is 0.545. The first kappa shape index (κ1) is 30.2. The first-order valence-electron chi connectivity index (χ1n) is 10.9. The van der Waals surface area contributed by atoms with E-state index in [9.17, 15) is 39.6 Å². The Bertz CT molecular complexity index is 866. The third-order valence-electron chi connectivity index (χ3n) is 5.08. The van der Waals surface area contributed by atoms with E-state index >= 15 is 0 Å². The number of phenols is 1. The maximum atomic E-state index is 12.8. The lowest BCUT2D eigenvalue weighted by atomic mass is 10.0. The van der Waals surface area contributed by atoms with Crippen molar-refractivity contribution < 1.29 is 39.6 Å². The largest absolute Gasteiger partial charge is 0.508 e. The summed E-state index contributed by atoms with van der Waals surface area (Å²) >= 11 is 1.39. The number of carbonyl (C=O) groups is 4. The first-order valence-corrected chi connectivity index (χ1v) is 12.3. The van der Waals surface area contributed by atoms with Crippen LogP contribution >= 0.6 is 11.8 Å². The van der Waals surface area contributed by atoms with Crippen LogP contribution in [0.2, 0.25) is 0 Å². The summed E-state index contributed by atoms with van der Waals surface area (Å²) < 4.78 is 0. The lowest BCUT2D eigenvalue weighted by Crippen LogP contribution is -2.62. The number of amides is 3. The molecule has 0 fully saturated rings. The molecule has 0 spiro atoms. The third-order valence-corrected chi connectivity index (χ3v) is 5.72. The molecule has 196 valence electrons. The van der Waals surface area contributed by atoms with Gasteiger partial charge in [0.05, 0.1) is 18.2 Å². The molecule has 0 aliphatic carbocycles. The van der Waals surface area contributed by atoms with Crippen LogP contribution in [0, 0.1) is 0 Å². The van der Waals surface area contributed by atoms with Crippen LogP contribution in [0.5, 0.6) is 5.75 Å². The molecule has 1 rings (SSSR count). The molecule has 0 aliphatic heterocycles. The smallest absolute Gasteiger partial charge is 0.326 e. The molecule has 12 nitrogen and oxygen atoms in total. The number of aromatic hydroxyl groups is 1. The summed E-state index contributed by atoms with van der Waals surface area (Å²) in [4.78, 5) is 49.3. The molecule has 0 bridgehead atoms. The van der Waals surface area contributed by atoms with Crippen molar-refractivity contribution >= 4 is 35.5 Å². The Balaban J connectivity index is 2.86. The van der Waals surface area contributed by atoms with Crippen molar-refractivity contribution in [2.45, 2.75) is 63.1 Å². The molecular weight excluding hydrogens is 480 g/mol. The van der Waals surface area contributed by atoms with Gasteiger partial charge in [-0.2, -0.15) is 11.8 Å². The second kappa shape index (κ2) is 14.5. The quantitative estimate of drug-likeness (QED) is 0.141. The minimum Gasteiger partial charge on any atom is -0.508 e. The lowest BCUT2D eigenvalue weighted by Gasteiger charge is -2.27. The summed E-state index contributed by atoms with van der Waals surface area (Å²) in [5, 5.41) is 45.6. The van der Waals surface area contributed by atoms with Crippen molar-refractivity contribution in [2.24, 2.45) is 5.73 Å². The average molecular weight is 515 g/mol. The van der Waals surface area contributed by atoms with E-state index in [1.807, 2.05) is 0 Å². The van der Waals surface area contributed by atoms with Crippen molar-refractivity contribution in [1.29, 1.82) is 0 Å². The van der Waals surface area contributed by atoms with Gasteiger partial charge < -0.3 is 42.1 Å².